The lowest BCUT2D eigenvalue weighted by molar-refractivity contribution is 0.137. The number of rotatable bonds is 1. The van der Waals surface area contributed by atoms with Crippen LogP contribution in [0.25, 0.3) is 0 Å². The highest BCUT2D eigenvalue weighted by molar-refractivity contribution is 5.91. The molecular weight excluding hydrogens is 232 g/mol. The van der Waals surface area contributed by atoms with Gasteiger partial charge in [0.15, 0.2) is 0 Å². The maximum Gasteiger partial charge on any atom is 0.414 e. The zero-order valence-corrected chi connectivity index (χ0v) is 10.1. The highest BCUT2D eigenvalue weighted by Crippen LogP contribution is 2.33. The normalized spacial score (nSPS) is 20.4. The number of phenols is 1. The SMILES string of the molecule is O=C1OCc2cc(O)ccc2N1C1CCNCC1. The largest absolute Gasteiger partial charge is 0.508 e. The molecule has 2 aliphatic heterocycles. The highest BCUT2D eigenvalue weighted by atomic mass is 16.6. The summed E-state index contributed by atoms with van der Waals surface area (Å²) in [5.41, 5.74) is 1.74. The average molecular weight is 248 g/mol. The first-order valence-corrected chi connectivity index (χ1v) is 6.24. The van der Waals surface area contributed by atoms with Crippen molar-refractivity contribution in [3.05, 3.63) is 23.8 Å². The third kappa shape index (κ3) is 1.90. The van der Waals surface area contributed by atoms with Crippen LogP contribution in [0.2, 0.25) is 0 Å². The van der Waals surface area contributed by atoms with Gasteiger partial charge in [-0.1, -0.05) is 0 Å². The first-order chi connectivity index (χ1) is 8.75. The van der Waals surface area contributed by atoms with Crippen LogP contribution in [0.15, 0.2) is 18.2 Å². The molecule has 18 heavy (non-hydrogen) atoms. The summed E-state index contributed by atoms with van der Waals surface area (Å²) in [5, 5.41) is 12.8. The Labute approximate surface area is 105 Å². The molecule has 1 aromatic rings. The summed E-state index contributed by atoms with van der Waals surface area (Å²) in [5.74, 6) is 0.206. The number of ether oxygens (including phenoxy) is 1. The number of phenolic OH excluding ortho intramolecular Hbond substituents is 1. The lowest BCUT2D eigenvalue weighted by atomic mass is 10.0. The molecule has 0 atom stereocenters. The summed E-state index contributed by atoms with van der Waals surface area (Å²) in [6.07, 6.45) is 1.57. The van der Waals surface area contributed by atoms with Crippen molar-refractivity contribution in [1.82, 2.24) is 5.32 Å². The van der Waals surface area contributed by atoms with Crippen LogP contribution in [0.3, 0.4) is 0 Å². The average Bonchev–Trinajstić information content (AvgIpc) is 2.40. The Bertz CT molecular complexity index is 469. The first-order valence-electron chi connectivity index (χ1n) is 6.24. The van der Waals surface area contributed by atoms with E-state index in [0.29, 0.717) is 0 Å². The van der Waals surface area contributed by atoms with Crippen LogP contribution < -0.4 is 10.2 Å². The van der Waals surface area contributed by atoms with E-state index in [4.69, 9.17) is 4.74 Å². The third-order valence-electron chi connectivity index (χ3n) is 3.54. The molecule has 2 aliphatic rings. The second-order valence-corrected chi connectivity index (χ2v) is 4.72. The standard InChI is InChI=1S/C13H16N2O3/c16-11-1-2-12-9(7-11)8-18-13(17)15(12)10-3-5-14-6-4-10/h1-2,7,10,14,16H,3-6,8H2. The summed E-state index contributed by atoms with van der Waals surface area (Å²) in [6.45, 7) is 2.08. The molecule has 3 rings (SSSR count). The number of anilines is 1. The fourth-order valence-electron chi connectivity index (χ4n) is 2.64. The van der Waals surface area contributed by atoms with Crippen LogP contribution in [0, 0.1) is 0 Å². The summed E-state index contributed by atoms with van der Waals surface area (Å²) >= 11 is 0. The van der Waals surface area contributed by atoms with Gasteiger partial charge in [-0.3, -0.25) is 4.90 Å². The van der Waals surface area contributed by atoms with Gasteiger partial charge in [-0.25, -0.2) is 4.79 Å². The monoisotopic (exact) mass is 248 g/mol. The zero-order chi connectivity index (χ0) is 12.5. The van der Waals surface area contributed by atoms with Crippen LogP contribution in [0.4, 0.5) is 10.5 Å². The molecule has 0 aromatic heterocycles. The second kappa shape index (κ2) is 4.49. The van der Waals surface area contributed by atoms with E-state index in [1.807, 2.05) is 0 Å². The van der Waals surface area contributed by atoms with E-state index in [2.05, 4.69) is 5.32 Å². The molecule has 5 nitrogen and oxygen atoms in total. The van der Waals surface area contributed by atoms with Crippen LogP contribution in [-0.2, 0) is 11.3 Å². The van der Waals surface area contributed by atoms with Crippen LogP contribution in [0.5, 0.6) is 5.75 Å². The van der Waals surface area contributed by atoms with E-state index in [1.54, 1.807) is 23.1 Å². The van der Waals surface area contributed by atoms with E-state index < -0.39 is 0 Å². The highest BCUT2D eigenvalue weighted by Gasteiger charge is 2.32. The molecule has 0 spiro atoms. The van der Waals surface area contributed by atoms with Crippen LogP contribution >= 0.6 is 0 Å². The number of amides is 1. The summed E-state index contributed by atoms with van der Waals surface area (Å²) in [4.78, 5) is 13.7. The van der Waals surface area contributed by atoms with Gasteiger partial charge in [0.1, 0.15) is 12.4 Å². The van der Waals surface area contributed by atoms with Gasteiger partial charge in [0.2, 0.25) is 0 Å². The zero-order valence-electron chi connectivity index (χ0n) is 10.1. The van der Waals surface area contributed by atoms with Gasteiger partial charge in [-0.05, 0) is 44.1 Å². The molecule has 0 bridgehead atoms. The molecule has 0 aliphatic carbocycles. The van der Waals surface area contributed by atoms with E-state index in [9.17, 15) is 9.90 Å². The predicted octanol–water partition coefficient (Wildman–Crippen LogP) is 1.60. The molecule has 1 saturated heterocycles. The van der Waals surface area contributed by atoms with Crippen molar-refractivity contribution in [2.75, 3.05) is 18.0 Å². The number of carbonyl (C=O) groups excluding carboxylic acids is 1. The number of aromatic hydroxyl groups is 1. The maximum absolute atomic E-state index is 12.0. The topological polar surface area (TPSA) is 61.8 Å². The number of nitrogens with one attached hydrogen (secondary N) is 1. The molecule has 2 N–H and O–H groups in total. The smallest absolute Gasteiger partial charge is 0.414 e. The maximum atomic E-state index is 12.0. The molecule has 1 fully saturated rings. The fraction of sp³-hybridized carbons (Fsp3) is 0.462. The molecule has 96 valence electrons. The lowest BCUT2D eigenvalue weighted by Gasteiger charge is -2.37. The number of hydrogen-bond donors (Lipinski definition) is 2. The molecular formula is C13H16N2O3. The predicted molar refractivity (Wildman–Crippen MR) is 66.7 cm³/mol. The van der Waals surface area contributed by atoms with Gasteiger partial charge in [0.05, 0.1) is 5.69 Å². The van der Waals surface area contributed by atoms with Crippen molar-refractivity contribution in [2.45, 2.75) is 25.5 Å². The number of benzene rings is 1. The Morgan fingerprint density at radius 3 is 2.89 bits per heavy atom. The van der Waals surface area contributed by atoms with Crippen molar-refractivity contribution in [2.24, 2.45) is 0 Å². The second-order valence-electron chi connectivity index (χ2n) is 4.72. The van der Waals surface area contributed by atoms with Crippen molar-refractivity contribution in [3.63, 3.8) is 0 Å². The van der Waals surface area contributed by atoms with E-state index in [0.717, 1.165) is 37.2 Å². The minimum absolute atomic E-state index is 0.183. The van der Waals surface area contributed by atoms with Gasteiger partial charge in [-0.15, -0.1) is 0 Å². The first kappa shape index (κ1) is 11.3. The minimum Gasteiger partial charge on any atom is -0.508 e. The van der Waals surface area contributed by atoms with E-state index in [1.165, 1.54) is 0 Å². The van der Waals surface area contributed by atoms with Gasteiger partial charge < -0.3 is 15.2 Å². The summed E-state index contributed by atoms with van der Waals surface area (Å²) in [6, 6.07) is 5.26. The number of cyclic esters (lactones) is 1. The summed E-state index contributed by atoms with van der Waals surface area (Å²) < 4.78 is 5.18. The fourth-order valence-corrected chi connectivity index (χ4v) is 2.64. The van der Waals surface area contributed by atoms with Gasteiger partial charge in [0.25, 0.3) is 0 Å². The quantitative estimate of drug-likeness (QED) is 0.792. The number of hydrogen-bond acceptors (Lipinski definition) is 4. The van der Waals surface area contributed by atoms with Gasteiger partial charge in [-0.2, -0.15) is 0 Å². The molecule has 0 saturated carbocycles. The van der Waals surface area contributed by atoms with Gasteiger partial charge in [0, 0.05) is 11.6 Å². The number of piperidine rings is 1. The van der Waals surface area contributed by atoms with Crippen molar-refractivity contribution < 1.29 is 14.6 Å². The van der Waals surface area contributed by atoms with E-state index >= 15 is 0 Å². The van der Waals surface area contributed by atoms with Crippen molar-refractivity contribution in [1.29, 1.82) is 0 Å². The van der Waals surface area contributed by atoms with Crippen LogP contribution in [0.1, 0.15) is 18.4 Å². The Morgan fingerprint density at radius 2 is 2.11 bits per heavy atom. The molecule has 1 aromatic carbocycles. The van der Waals surface area contributed by atoms with Crippen molar-refractivity contribution in [3.8, 4) is 5.75 Å². The molecule has 5 heteroatoms. The molecule has 2 heterocycles. The Kier molecular flexibility index (Phi) is 2.83. The van der Waals surface area contributed by atoms with Gasteiger partial charge >= 0.3 is 6.09 Å². The molecule has 0 unspecified atom stereocenters. The number of fused-ring (bicyclic) bond motifs is 1. The van der Waals surface area contributed by atoms with Crippen molar-refractivity contribution >= 4 is 11.8 Å². The number of nitrogens with zero attached hydrogens (tertiary/aromatic N) is 1. The number of carbonyl (C=O) groups is 1. The third-order valence-corrected chi connectivity index (χ3v) is 3.54. The summed E-state index contributed by atoms with van der Waals surface area (Å²) in [7, 11) is 0. The Hall–Kier alpha value is -1.75. The van der Waals surface area contributed by atoms with Crippen LogP contribution in [-0.4, -0.2) is 30.3 Å². The Balaban J connectivity index is 1.95. The Morgan fingerprint density at radius 1 is 1.33 bits per heavy atom. The lowest BCUT2D eigenvalue weighted by Crippen LogP contribution is -2.48. The minimum atomic E-state index is -0.278. The molecule has 1 amide bonds. The molecule has 0 radical (unpaired) electrons. The van der Waals surface area contributed by atoms with E-state index in [-0.39, 0.29) is 24.5 Å².